The molecule has 0 bridgehead atoms. The van der Waals surface area contributed by atoms with Crippen LogP contribution in [0.15, 0.2) is 29.1 Å². The average molecular weight is 339 g/mol. The zero-order valence-corrected chi connectivity index (χ0v) is 14.5. The van der Waals surface area contributed by atoms with E-state index in [4.69, 9.17) is 4.42 Å². The van der Waals surface area contributed by atoms with Crippen LogP contribution in [0.1, 0.15) is 48.0 Å². The van der Waals surface area contributed by atoms with Crippen LogP contribution in [-0.4, -0.2) is 36.9 Å². The predicted molar refractivity (Wildman–Crippen MR) is 91.0 cm³/mol. The summed E-state index contributed by atoms with van der Waals surface area (Å²) in [6.07, 6.45) is 6.26. The molecule has 0 saturated carbocycles. The number of rotatable bonds is 4. The van der Waals surface area contributed by atoms with E-state index in [9.17, 15) is 4.79 Å². The minimum atomic E-state index is 0.0700. The Bertz CT molecular complexity index is 900. The van der Waals surface area contributed by atoms with Crippen molar-refractivity contribution in [3.05, 3.63) is 47.4 Å². The van der Waals surface area contributed by atoms with Crippen molar-refractivity contribution in [3.63, 3.8) is 0 Å². The van der Waals surface area contributed by atoms with Gasteiger partial charge in [-0.2, -0.15) is 10.1 Å². The summed E-state index contributed by atoms with van der Waals surface area (Å²) in [5.41, 5.74) is 2.98. The Kier molecular flexibility index (Phi) is 3.99. The molecular weight excluding hydrogens is 318 g/mol. The quantitative estimate of drug-likeness (QED) is 0.730. The largest absolute Gasteiger partial charge is 0.467 e. The lowest BCUT2D eigenvalue weighted by atomic mass is 10.1. The summed E-state index contributed by atoms with van der Waals surface area (Å²) >= 11 is 0. The molecule has 0 radical (unpaired) electrons. The summed E-state index contributed by atoms with van der Waals surface area (Å²) in [6, 6.07) is 3.90. The topological polar surface area (TPSA) is 76.5 Å². The minimum absolute atomic E-state index is 0.0700. The second-order valence-corrected chi connectivity index (χ2v) is 6.49. The van der Waals surface area contributed by atoms with Gasteiger partial charge in [-0.3, -0.25) is 4.79 Å². The number of carbonyl (C=O) groups is 1. The number of likely N-dealkylation sites (tertiary alicyclic amines) is 1. The van der Waals surface area contributed by atoms with Gasteiger partial charge >= 0.3 is 0 Å². The molecule has 4 rings (SSSR count). The molecule has 0 N–H and O–H groups in total. The lowest BCUT2D eigenvalue weighted by molar-refractivity contribution is -0.132. The first-order valence-corrected chi connectivity index (χ1v) is 8.64. The molecule has 0 aromatic carbocycles. The highest BCUT2D eigenvalue weighted by molar-refractivity contribution is 5.77. The summed E-state index contributed by atoms with van der Waals surface area (Å²) in [5, 5.41) is 4.21. The van der Waals surface area contributed by atoms with Gasteiger partial charge in [0, 0.05) is 24.4 Å². The molecule has 4 heterocycles. The number of aryl methyl sites for hydroxylation is 2. The van der Waals surface area contributed by atoms with Gasteiger partial charge < -0.3 is 9.32 Å². The SMILES string of the molecule is Cc1nc2ncnn2c(C)c1CCC(=O)N1CCC[C@H]1c1ccco1. The number of aromatic nitrogens is 4. The molecule has 3 aromatic rings. The minimum Gasteiger partial charge on any atom is -0.467 e. The van der Waals surface area contributed by atoms with Gasteiger partial charge in [0.15, 0.2) is 0 Å². The lowest BCUT2D eigenvalue weighted by Gasteiger charge is -2.23. The normalized spacial score (nSPS) is 17.5. The van der Waals surface area contributed by atoms with E-state index in [0.717, 1.165) is 42.1 Å². The second-order valence-electron chi connectivity index (χ2n) is 6.49. The molecule has 1 fully saturated rings. The Morgan fingerprint density at radius 1 is 1.40 bits per heavy atom. The molecule has 1 aliphatic heterocycles. The van der Waals surface area contributed by atoms with Crippen LogP contribution in [0, 0.1) is 13.8 Å². The van der Waals surface area contributed by atoms with E-state index in [1.165, 1.54) is 6.33 Å². The molecule has 1 atom stereocenters. The van der Waals surface area contributed by atoms with Gasteiger partial charge in [-0.25, -0.2) is 9.50 Å². The molecule has 0 aliphatic carbocycles. The van der Waals surface area contributed by atoms with E-state index in [1.807, 2.05) is 30.9 Å². The van der Waals surface area contributed by atoms with Gasteiger partial charge in [-0.15, -0.1) is 0 Å². The molecule has 1 amide bonds. The maximum Gasteiger partial charge on any atom is 0.252 e. The Hall–Kier alpha value is -2.70. The van der Waals surface area contributed by atoms with Crippen molar-refractivity contribution in [2.45, 2.75) is 45.6 Å². The van der Waals surface area contributed by atoms with Crippen molar-refractivity contribution in [1.82, 2.24) is 24.5 Å². The lowest BCUT2D eigenvalue weighted by Crippen LogP contribution is -2.30. The van der Waals surface area contributed by atoms with E-state index in [2.05, 4.69) is 15.1 Å². The van der Waals surface area contributed by atoms with Crippen molar-refractivity contribution in [3.8, 4) is 0 Å². The highest BCUT2D eigenvalue weighted by atomic mass is 16.3. The summed E-state index contributed by atoms with van der Waals surface area (Å²) in [7, 11) is 0. The smallest absolute Gasteiger partial charge is 0.252 e. The van der Waals surface area contributed by atoms with Crippen molar-refractivity contribution < 1.29 is 9.21 Å². The fourth-order valence-electron chi connectivity index (χ4n) is 3.73. The molecule has 7 heteroatoms. The molecule has 7 nitrogen and oxygen atoms in total. The molecule has 25 heavy (non-hydrogen) atoms. The van der Waals surface area contributed by atoms with Gasteiger partial charge in [0.1, 0.15) is 12.1 Å². The monoisotopic (exact) mass is 339 g/mol. The summed E-state index contributed by atoms with van der Waals surface area (Å²) in [5.74, 6) is 1.64. The predicted octanol–water partition coefficient (Wildman–Crippen LogP) is 2.63. The van der Waals surface area contributed by atoms with Crippen molar-refractivity contribution in [2.24, 2.45) is 0 Å². The number of hydrogen-bond donors (Lipinski definition) is 0. The van der Waals surface area contributed by atoms with Crippen LogP contribution >= 0.6 is 0 Å². The Morgan fingerprint density at radius 2 is 2.28 bits per heavy atom. The fourth-order valence-corrected chi connectivity index (χ4v) is 3.73. The van der Waals surface area contributed by atoms with E-state index in [1.54, 1.807) is 10.8 Å². The van der Waals surface area contributed by atoms with Crippen molar-refractivity contribution in [1.29, 1.82) is 0 Å². The Balaban J connectivity index is 1.50. The van der Waals surface area contributed by atoms with Gasteiger partial charge in [-0.05, 0) is 50.8 Å². The molecule has 0 unspecified atom stereocenters. The van der Waals surface area contributed by atoms with Crippen LogP contribution in [0.5, 0.6) is 0 Å². The molecule has 1 aliphatic rings. The first-order chi connectivity index (χ1) is 12.1. The van der Waals surface area contributed by atoms with Crippen molar-refractivity contribution >= 4 is 11.7 Å². The van der Waals surface area contributed by atoms with E-state index in [0.29, 0.717) is 18.6 Å². The first-order valence-electron chi connectivity index (χ1n) is 8.64. The van der Waals surface area contributed by atoms with Crippen LogP contribution < -0.4 is 0 Å². The molecule has 3 aromatic heterocycles. The zero-order valence-electron chi connectivity index (χ0n) is 14.5. The summed E-state index contributed by atoms with van der Waals surface area (Å²) in [6.45, 7) is 4.75. The van der Waals surface area contributed by atoms with E-state index in [-0.39, 0.29) is 11.9 Å². The highest BCUT2D eigenvalue weighted by Gasteiger charge is 2.31. The highest BCUT2D eigenvalue weighted by Crippen LogP contribution is 2.32. The average Bonchev–Trinajstić information content (AvgIpc) is 3.33. The zero-order chi connectivity index (χ0) is 17.4. The van der Waals surface area contributed by atoms with Gasteiger partial charge in [0.05, 0.1) is 12.3 Å². The van der Waals surface area contributed by atoms with Crippen LogP contribution in [-0.2, 0) is 11.2 Å². The van der Waals surface area contributed by atoms with Crippen LogP contribution in [0.25, 0.3) is 5.78 Å². The Morgan fingerprint density at radius 3 is 3.08 bits per heavy atom. The van der Waals surface area contributed by atoms with Crippen LogP contribution in [0.4, 0.5) is 0 Å². The van der Waals surface area contributed by atoms with E-state index >= 15 is 0 Å². The number of furan rings is 1. The van der Waals surface area contributed by atoms with Gasteiger partial charge in [0.2, 0.25) is 5.91 Å². The number of carbonyl (C=O) groups excluding carboxylic acids is 1. The molecule has 0 spiro atoms. The first kappa shape index (κ1) is 15.8. The summed E-state index contributed by atoms with van der Waals surface area (Å²) in [4.78, 5) is 23.3. The number of fused-ring (bicyclic) bond motifs is 1. The summed E-state index contributed by atoms with van der Waals surface area (Å²) < 4.78 is 7.25. The maximum absolute atomic E-state index is 12.8. The van der Waals surface area contributed by atoms with Crippen molar-refractivity contribution in [2.75, 3.05) is 6.54 Å². The van der Waals surface area contributed by atoms with Gasteiger partial charge in [-0.1, -0.05) is 0 Å². The van der Waals surface area contributed by atoms with Crippen LogP contribution in [0.3, 0.4) is 0 Å². The third-order valence-corrected chi connectivity index (χ3v) is 5.02. The number of nitrogens with zero attached hydrogens (tertiary/aromatic N) is 5. The molecule has 130 valence electrons. The molecular formula is C18H21N5O2. The standard InChI is InChI=1S/C18H21N5O2/c1-12-14(13(2)23-18(21-12)19-11-20-23)7-8-17(24)22-9-3-5-15(22)16-6-4-10-25-16/h4,6,10-11,15H,3,5,7-9H2,1-2H3/t15-/m0/s1. The second kappa shape index (κ2) is 6.31. The van der Waals surface area contributed by atoms with Gasteiger partial charge in [0.25, 0.3) is 5.78 Å². The number of amides is 1. The van der Waals surface area contributed by atoms with Crippen LogP contribution in [0.2, 0.25) is 0 Å². The fraction of sp³-hybridized carbons (Fsp3) is 0.444. The number of hydrogen-bond acceptors (Lipinski definition) is 5. The van der Waals surface area contributed by atoms with E-state index < -0.39 is 0 Å². The third-order valence-electron chi connectivity index (χ3n) is 5.02. The molecule has 1 saturated heterocycles. The Labute approximate surface area is 145 Å². The maximum atomic E-state index is 12.8. The third kappa shape index (κ3) is 2.79.